The average Bonchev–Trinajstić information content (AvgIpc) is 3.52. The van der Waals surface area contributed by atoms with Crippen molar-refractivity contribution in [1.29, 1.82) is 5.26 Å². The van der Waals surface area contributed by atoms with E-state index in [2.05, 4.69) is 146 Å². The quantitative estimate of drug-likeness (QED) is 0.180. The van der Waals surface area contributed by atoms with E-state index < -0.39 is 5.41 Å². The van der Waals surface area contributed by atoms with Gasteiger partial charge in [-0.3, -0.25) is 0 Å². The Morgan fingerprint density at radius 3 is 1.55 bits per heavy atom. The average molecular weight is 650 g/mol. The maximum Gasteiger partial charge on any atom is 0.160 e. The van der Waals surface area contributed by atoms with Crippen molar-refractivity contribution in [2.75, 3.05) is 0 Å². The van der Waals surface area contributed by atoms with Gasteiger partial charge in [-0.05, 0) is 74.8 Å². The van der Waals surface area contributed by atoms with Gasteiger partial charge in [0.25, 0.3) is 0 Å². The summed E-state index contributed by atoms with van der Waals surface area (Å²) in [6.45, 7) is 0. The van der Waals surface area contributed by atoms with E-state index in [4.69, 9.17) is 9.97 Å². The summed E-state index contributed by atoms with van der Waals surface area (Å²) in [7, 11) is 0. The molecule has 1 aliphatic carbocycles. The van der Waals surface area contributed by atoms with E-state index in [0.717, 1.165) is 39.2 Å². The number of nitriles is 1. The first-order valence-corrected chi connectivity index (χ1v) is 17.1. The summed E-state index contributed by atoms with van der Waals surface area (Å²) in [6.07, 6.45) is 0. The summed E-state index contributed by atoms with van der Waals surface area (Å²) in [4.78, 5) is 10.3. The van der Waals surface area contributed by atoms with Gasteiger partial charge in [-0.2, -0.15) is 5.26 Å². The van der Waals surface area contributed by atoms with Gasteiger partial charge >= 0.3 is 0 Å². The fraction of sp³-hybridized carbons (Fsp3) is 0.0208. The molecule has 7 aromatic carbocycles. The lowest BCUT2D eigenvalue weighted by Gasteiger charge is -2.34. The second kappa shape index (κ2) is 12.5. The Balaban J connectivity index is 1.25. The van der Waals surface area contributed by atoms with Crippen molar-refractivity contribution in [3.05, 3.63) is 216 Å². The third kappa shape index (κ3) is 5.14. The molecule has 0 unspecified atom stereocenters. The lowest BCUT2D eigenvalue weighted by Crippen LogP contribution is -2.28. The minimum atomic E-state index is -0.505. The van der Waals surface area contributed by atoms with Crippen LogP contribution in [-0.2, 0) is 5.41 Å². The molecule has 51 heavy (non-hydrogen) atoms. The number of benzene rings is 7. The van der Waals surface area contributed by atoms with Crippen molar-refractivity contribution in [3.8, 4) is 62.2 Å². The van der Waals surface area contributed by atoms with Crippen molar-refractivity contribution in [3.63, 3.8) is 0 Å². The minimum Gasteiger partial charge on any atom is -0.228 e. The van der Waals surface area contributed by atoms with Crippen molar-refractivity contribution in [2.45, 2.75) is 5.41 Å². The molecule has 0 saturated heterocycles. The number of hydrogen-bond donors (Lipinski definition) is 0. The van der Waals surface area contributed by atoms with E-state index >= 15 is 0 Å². The van der Waals surface area contributed by atoms with Crippen molar-refractivity contribution >= 4 is 0 Å². The summed E-state index contributed by atoms with van der Waals surface area (Å²) in [5.41, 5.74) is 14.3. The van der Waals surface area contributed by atoms with E-state index in [1.807, 2.05) is 48.5 Å². The molecular weight excluding hydrogens is 619 g/mol. The van der Waals surface area contributed by atoms with Crippen LogP contribution in [0.25, 0.3) is 56.2 Å². The largest absolute Gasteiger partial charge is 0.228 e. The monoisotopic (exact) mass is 649 g/mol. The smallest absolute Gasteiger partial charge is 0.160 e. The lowest BCUT2D eigenvalue weighted by atomic mass is 9.67. The van der Waals surface area contributed by atoms with Gasteiger partial charge in [0.1, 0.15) is 0 Å². The normalized spacial score (nSPS) is 12.5. The third-order valence-corrected chi connectivity index (χ3v) is 9.99. The second-order valence-corrected chi connectivity index (χ2v) is 12.9. The Labute approximate surface area is 297 Å². The number of fused-ring (bicyclic) bond motifs is 3. The van der Waals surface area contributed by atoms with Crippen LogP contribution in [0.4, 0.5) is 0 Å². The Bertz CT molecular complexity index is 2550. The van der Waals surface area contributed by atoms with Crippen molar-refractivity contribution in [2.24, 2.45) is 0 Å². The zero-order chi connectivity index (χ0) is 34.2. The summed E-state index contributed by atoms with van der Waals surface area (Å²) >= 11 is 0. The molecule has 0 spiro atoms. The lowest BCUT2D eigenvalue weighted by molar-refractivity contribution is 0.768. The molecule has 8 aromatic rings. The van der Waals surface area contributed by atoms with Crippen LogP contribution in [-0.4, -0.2) is 9.97 Å². The maximum absolute atomic E-state index is 9.52. The van der Waals surface area contributed by atoms with Crippen LogP contribution in [0.3, 0.4) is 0 Å². The first-order chi connectivity index (χ1) is 25.2. The molecule has 3 heteroatoms. The van der Waals surface area contributed by atoms with Crippen LogP contribution in [0.2, 0.25) is 0 Å². The van der Waals surface area contributed by atoms with Crippen LogP contribution in [0.5, 0.6) is 0 Å². The molecule has 1 aromatic heterocycles. The van der Waals surface area contributed by atoms with E-state index in [1.165, 1.54) is 33.4 Å². The summed E-state index contributed by atoms with van der Waals surface area (Å²) in [5.74, 6) is 0.666. The Morgan fingerprint density at radius 1 is 0.392 bits per heavy atom. The van der Waals surface area contributed by atoms with Crippen molar-refractivity contribution < 1.29 is 0 Å². The first kappa shape index (κ1) is 30.2. The fourth-order valence-electron chi connectivity index (χ4n) is 7.71. The molecule has 0 radical (unpaired) electrons. The highest BCUT2D eigenvalue weighted by Gasteiger charge is 2.45. The molecule has 0 amide bonds. The Morgan fingerprint density at radius 2 is 0.882 bits per heavy atom. The summed E-state index contributed by atoms with van der Waals surface area (Å²) < 4.78 is 0. The SMILES string of the molecule is N#Cc1cccc(-c2cccc(-c3cc(-c4cccc(C5(c6ccccc6)c6ccccc6-c6ccccc65)c4)nc(-c4ccccc4)n3)c2)c1. The van der Waals surface area contributed by atoms with Crippen LogP contribution in [0.1, 0.15) is 27.8 Å². The molecule has 0 aliphatic heterocycles. The standard InChI is InChI=1S/C48H31N3/c49-32-33-14-11-17-35(28-33)36-18-12-19-37(29-36)45-31-46(51-47(50-45)34-15-3-1-4-16-34)38-20-13-23-40(30-38)48(39-21-5-2-6-22-39)43-26-9-7-24-41(43)42-25-8-10-27-44(42)48/h1-31H. The zero-order valence-electron chi connectivity index (χ0n) is 27.7. The number of rotatable bonds is 6. The van der Waals surface area contributed by atoms with Gasteiger partial charge in [-0.25, -0.2) is 9.97 Å². The second-order valence-electron chi connectivity index (χ2n) is 12.9. The topological polar surface area (TPSA) is 49.6 Å². The minimum absolute atomic E-state index is 0.505. The zero-order valence-corrected chi connectivity index (χ0v) is 27.7. The molecule has 9 rings (SSSR count). The highest BCUT2D eigenvalue weighted by atomic mass is 14.9. The van der Waals surface area contributed by atoms with E-state index in [0.29, 0.717) is 11.4 Å². The van der Waals surface area contributed by atoms with E-state index in [1.54, 1.807) is 0 Å². The Hall–Kier alpha value is -6.89. The Kier molecular flexibility index (Phi) is 7.42. The van der Waals surface area contributed by atoms with Crippen molar-refractivity contribution in [1.82, 2.24) is 9.97 Å². The summed E-state index contributed by atoms with van der Waals surface area (Å²) in [5, 5.41) is 9.52. The van der Waals surface area contributed by atoms with Gasteiger partial charge in [-0.15, -0.1) is 0 Å². The fourth-order valence-corrected chi connectivity index (χ4v) is 7.71. The predicted molar refractivity (Wildman–Crippen MR) is 206 cm³/mol. The molecule has 238 valence electrons. The highest BCUT2D eigenvalue weighted by molar-refractivity contribution is 5.87. The molecular formula is C48H31N3. The van der Waals surface area contributed by atoms with Crippen LogP contribution in [0.15, 0.2) is 188 Å². The molecule has 0 bridgehead atoms. The van der Waals surface area contributed by atoms with Crippen LogP contribution in [0, 0.1) is 11.3 Å². The van der Waals surface area contributed by atoms with Crippen LogP contribution >= 0.6 is 0 Å². The van der Waals surface area contributed by atoms with Gasteiger partial charge < -0.3 is 0 Å². The van der Waals surface area contributed by atoms with E-state index in [-0.39, 0.29) is 0 Å². The predicted octanol–water partition coefficient (Wildman–Crippen LogP) is 11.4. The van der Waals surface area contributed by atoms with Gasteiger partial charge in [0.15, 0.2) is 5.82 Å². The third-order valence-electron chi connectivity index (χ3n) is 9.99. The molecule has 1 aliphatic rings. The van der Waals surface area contributed by atoms with Gasteiger partial charge in [-0.1, -0.05) is 158 Å². The molecule has 3 nitrogen and oxygen atoms in total. The molecule has 0 atom stereocenters. The highest BCUT2D eigenvalue weighted by Crippen LogP contribution is 2.56. The van der Waals surface area contributed by atoms with Crippen LogP contribution < -0.4 is 0 Å². The maximum atomic E-state index is 9.52. The first-order valence-electron chi connectivity index (χ1n) is 17.1. The number of aromatic nitrogens is 2. The molecule has 0 saturated carbocycles. The van der Waals surface area contributed by atoms with E-state index in [9.17, 15) is 5.26 Å². The molecule has 1 heterocycles. The van der Waals surface area contributed by atoms with Gasteiger partial charge in [0, 0.05) is 16.7 Å². The van der Waals surface area contributed by atoms with Gasteiger partial charge in [0.05, 0.1) is 28.4 Å². The van der Waals surface area contributed by atoms with Gasteiger partial charge in [0.2, 0.25) is 0 Å². The number of hydrogen-bond acceptors (Lipinski definition) is 3. The molecule has 0 fully saturated rings. The number of nitrogens with zero attached hydrogens (tertiary/aromatic N) is 3. The molecule has 0 N–H and O–H groups in total. The summed E-state index contributed by atoms with van der Waals surface area (Å²) in [6, 6.07) is 68.0.